The van der Waals surface area contributed by atoms with Crippen molar-refractivity contribution in [3.8, 4) is 11.4 Å². The van der Waals surface area contributed by atoms with Crippen LogP contribution in [0.1, 0.15) is 37.0 Å². The number of methoxy groups -OCH3 is 1. The Morgan fingerprint density at radius 1 is 1.23 bits per heavy atom. The Morgan fingerprint density at radius 3 is 2.61 bits per heavy atom. The number of urea groups is 1. The Kier molecular flexibility index (Phi) is 5.43. The highest BCUT2D eigenvalue weighted by Gasteiger charge is 2.54. The van der Waals surface area contributed by atoms with E-state index >= 15 is 0 Å². The van der Waals surface area contributed by atoms with E-state index in [1.165, 1.54) is 6.20 Å². The lowest BCUT2D eigenvalue weighted by atomic mass is 9.85. The monoisotopic (exact) mass is 425 g/mol. The molecule has 2 aliphatic heterocycles. The van der Waals surface area contributed by atoms with Crippen LogP contribution >= 0.6 is 0 Å². The van der Waals surface area contributed by atoms with Gasteiger partial charge >= 0.3 is 6.03 Å². The van der Waals surface area contributed by atoms with Crippen molar-refractivity contribution < 1.29 is 19.1 Å². The van der Waals surface area contributed by atoms with Gasteiger partial charge in [-0.3, -0.25) is 14.9 Å². The lowest BCUT2D eigenvalue weighted by molar-refractivity contribution is -0.129. The van der Waals surface area contributed by atoms with Gasteiger partial charge in [-0.05, 0) is 30.9 Å². The average Bonchev–Trinajstić information content (AvgIpc) is 3.33. The summed E-state index contributed by atoms with van der Waals surface area (Å²) in [6, 6.07) is 7.11. The predicted octanol–water partition coefficient (Wildman–Crippen LogP) is 2.06. The largest absolute Gasteiger partial charge is 0.494 e. The summed E-state index contributed by atoms with van der Waals surface area (Å²) in [7, 11) is 1.59. The quantitative estimate of drug-likeness (QED) is 0.740. The van der Waals surface area contributed by atoms with Crippen LogP contribution in [0.2, 0.25) is 0 Å². The second kappa shape index (κ2) is 8.05. The van der Waals surface area contributed by atoms with E-state index in [0.717, 1.165) is 5.69 Å². The van der Waals surface area contributed by atoms with Gasteiger partial charge in [0, 0.05) is 25.8 Å². The van der Waals surface area contributed by atoms with Crippen LogP contribution in [0.5, 0.6) is 5.75 Å². The smallest absolute Gasteiger partial charge is 0.325 e. The molecule has 0 aliphatic carbocycles. The summed E-state index contributed by atoms with van der Waals surface area (Å²) in [4.78, 5) is 41.4. The molecule has 0 unspecified atom stereocenters. The highest BCUT2D eigenvalue weighted by Crippen LogP contribution is 2.34. The first-order chi connectivity index (χ1) is 14.9. The Balaban J connectivity index is 1.48. The minimum absolute atomic E-state index is 0.142. The number of carbonyl (C=O) groups is 3. The lowest BCUT2D eigenvalue weighted by Crippen LogP contribution is -2.58. The van der Waals surface area contributed by atoms with E-state index in [1.54, 1.807) is 27.8 Å². The van der Waals surface area contributed by atoms with Crippen molar-refractivity contribution >= 4 is 17.8 Å². The fraction of sp³-hybridized carbons (Fsp3) is 0.455. The summed E-state index contributed by atoms with van der Waals surface area (Å²) < 4.78 is 6.99. The number of nitrogens with zero attached hydrogens (tertiary/aromatic N) is 4. The second-order valence-electron chi connectivity index (χ2n) is 8.43. The third-order valence-electron chi connectivity index (χ3n) is 5.99. The van der Waals surface area contributed by atoms with Gasteiger partial charge in [0.1, 0.15) is 17.0 Å². The molecule has 0 saturated carbocycles. The standard InChI is InChI=1S/C22H27N5O4/c1-15(2)13-26-21(30)24-20(29)22(26)8-10-25(11-9-22)19(28)16-12-23-27(14-16)17-6-4-5-7-18(17)31-3/h4-7,12,14-15H,8-11,13H2,1-3H3,(H,24,29,30). The number of rotatable bonds is 5. The summed E-state index contributed by atoms with van der Waals surface area (Å²) in [6.45, 7) is 5.34. The zero-order valence-corrected chi connectivity index (χ0v) is 18.0. The lowest BCUT2D eigenvalue weighted by Gasteiger charge is -2.42. The highest BCUT2D eigenvalue weighted by molar-refractivity contribution is 6.07. The third kappa shape index (κ3) is 3.64. The number of piperidine rings is 1. The molecule has 2 aliphatic rings. The minimum atomic E-state index is -0.861. The van der Waals surface area contributed by atoms with Crippen molar-refractivity contribution in [1.82, 2.24) is 24.9 Å². The van der Waals surface area contributed by atoms with Crippen LogP contribution in [-0.4, -0.2) is 69.7 Å². The first-order valence-electron chi connectivity index (χ1n) is 10.5. The van der Waals surface area contributed by atoms with Crippen molar-refractivity contribution in [2.45, 2.75) is 32.2 Å². The van der Waals surface area contributed by atoms with Crippen LogP contribution in [-0.2, 0) is 4.79 Å². The van der Waals surface area contributed by atoms with Crippen LogP contribution in [0.3, 0.4) is 0 Å². The van der Waals surface area contributed by atoms with Crippen LogP contribution in [0, 0.1) is 5.92 Å². The van der Waals surface area contributed by atoms with Gasteiger partial charge in [-0.25, -0.2) is 9.48 Å². The van der Waals surface area contributed by atoms with E-state index in [2.05, 4.69) is 10.4 Å². The summed E-state index contributed by atoms with van der Waals surface area (Å²) in [6.07, 6.45) is 4.06. The number of para-hydroxylation sites is 2. The molecule has 1 aromatic carbocycles. The molecule has 2 fully saturated rings. The van der Waals surface area contributed by atoms with Gasteiger partial charge in [-0.1, -0.05) is 26.0 Å². The van der Waals surface area contributed by atoms with Gasteiger partial charge in [-0.15, -0.1) is 0 Å². The maximum atomic E-state index is 13.1. The van der Waals surface area contributed by atoms with E-state index in [9.17, 15) is 14.4 Å². The van der Waals surface area contributed by atoms with Crippen molar-refractivity contribution in [3.05, 3.63) is 42.2 Å². The van der Waals surface area contributed by atoms with E-state index < -0.39 is 5.54 Å². The first-order valence-corrected chi connectivity index (χ1v) is 10.5. The van der Waals surface area contributed by atoms with Crippen LogP contribution in [0.4, 0.5) is 4.79 Å². The molecule has 0 radical (unpaired) electrons. The number of amides is 4. The van der Waals surface area contributed by atoms with Gasteiger partial charge in [0.2, 0.25) is 0 Å². The maximum absolute atomic E-state index is 13.1. The van der Waals surface area contributed by atoms with Crippen molar-refractivity contribution in [3.63, 3.8) is 0 Å². The van der Waals surface area contributed by atoms with Crippen molar-refractivity contribution in [1.29, 1.82) is 0 Å². The number of carbonyl (C=O) groups excluding carboxylic acids is 3. The number of benzene rings is 1. The first kappa shape index (κ1) is 20.9. The number of nitrogens with one attached hydrogen (secondary N) is 1. The molecular formula is C22H27N5O4. The Bertz CT molecular complexity index is 1010. The Hall–Kier alpha value is -3.36. The molecule has 1 aromatic heterocycles. The van der Waals surface area contributed by atoms with E-state index in [4.69, 9.17) is 4.74 Å². The topological polar surface area (TPSA) is 96.8 Å². The van der Waals surface area contributed by atoms with Gasteiger partial charge in [0.15, 0.2) is 0 Å². The van der Waals surface area contributed by atoms with Gasteiger partial charge < -0.3 is 14.5 Å². The molecule has 1 N–H and O–H groups in total. The molecule has 0 atom stereocenters. The number of hydrogen-bond acceptors (Lipinski definition) is 5. The zero-order chi connectivity index (χ0) is 22.2. The van der Waals surface area contributed by atoms with Crippen LogP contribution < -0.4 is 10.1 Å². The number of hydrogen-bond donors (Lipinski definition) is 1. The summed E-state index contributed by atoms with van der Waals surface area (Å²) in [5, 5.41) is 6.78. The highest BCUT2D eigenvalue weighted by atomic mass is 16.5. The number of likely N-dealkylation sites (tertiary alicyclic amines) is 1. The summed E-state index contributed by atoms with van der Waals surface area (Å²) in [5.74, 6) is 0.506. The van der Waals surface area contributed by atoms with E-state index in [-0.39, 0.29) is 23.8 Å². The third-order valence-corrected chi connectivity index (χ3v) is 5.99. The van der Waals surface area contributed by atoms with Crippen LogP contribution in [0.25, 0.3) is 5.69 Å². The Morgan fingerprint density at radius 2 is 1.94 bits per heavy atom. The molecule has 9 heteroatoms. The average molecular weight is 425 g/mol. The molecule has 1 spiro atoms. The molecule has 3 heterocycles. The van der Waals surface area contributed by atoms with Crippen LogP contribution in [0.15, 0.2) is 36.7 Å². The molecule has 4 rings (SSSR count). The molecule has 164 valence electrons. The fourth-order valence-corrected chi connectivity index (χ4v) is 4.36. The van der Waals surface area contributed by atoms with Gasteiger partial charge in [0.05, 0.1) is 18.9 Å². The number of imide groups is 1. The molecule has 4 amide bonds. The molecular weight excluding hydrogens is 398 g/mol. The molecule has 2 saturated heterocycles. The van der Waals surface area contributed by atoms with Crippen molar-refractivity contribution in [2.75, 3.05) is 26.7 Å². The van der Waals surface area contributed by atoms with Gasteiger partial charge in [-0.2, -0.15) is 5.10 Å². The van der Waals surface area contributed by atoms with Gasteiger partial charge in [0.25, 0.3) is 11.8 Å². The normalized spacial score (nSPS) is 18.1. The molecule has 31 heavy (non-hydrogen) atoms. The predicted molar refractivity (Wildman–Crippen MR) is 113 cm³/mol. The van der Waals surface area contributed by atoms with Crippen molar-refractivity contribution in [2.24, 2.45) is 5.92 Å². The summed E-state index contributed by atoms with van der Waals surface area (Å²) >= 11 is 0. The number of ether oxygens (including phenoxy) is 1. The Labute approximate surface area is 180 Å². The van der Waals surface area contributed by atoms with E-state index in [1.807, 2.05) is 38.1 Å². The zero-order valence-electron chi connectivity index (χ0n) is 18.0. The molecule has 9 nitrogen and oxygen atoms in total. The number of aromatic nitrogens is 2. The fourth-order valence-electron chi connectivity index (χ4n) is 4.36. The molecule has 0 bridgehead atoms. The summed E-state index contributed by atoms with van der Waals surface area (Å²) in [5.41, 5.74) is 0.347. The molecule has 2 aromatic rings. The second-order valence-corrected chi connectivity index (χ2v) is 8.43. The van der Waals surface area contributed by atoms with E-state index in [0.29, 0.717) is 43.8 Å². The SMILES string of the molecule is COc1ccccc1-n1cc(C(=O)N2CCC3(CC2)C(=O)NC(=O)N3CC(C)C)cn1. The maximum Gasteiger partial charge on any atom is 0.325 e. The minimum Gasteiger partial charge on any atom is -0.494 e.